The van der Waals surface area contributed by atoms with Gasteiger partial charge in [-0.2, -0.15) is 0 Å². The van der Waals surface area contributed by atoms with Gasteiger partial charge in [0.2, 0.25) is 11.8 Å². The summed E-state index contributed by atoms with van der Waals surface area (Å²) in [5, 5.41) is 2.68. The van der Waals surface area contributed by atoms with Crippen molar-refractivity contribution in [3.8, 4) is 0 Å². The van der Waals surface area contributed by atoms with E-state index in [1.54, 1.807) is 11.8 Å². The molecule has 1 rings (SSSR count). The number of hydrogen-bond acceptors (Lipinski definition) is 2. The lowest BCUT2D eigenvalue weighted by Crippen LogP contribution is -2.55. The summed E-state index contributed by atoms with van der Waals surface area (Å²) in [5.74, 6) is -0.0983. The summed E-state index contributed by atoms with van der Waals surface area (Å²) in [6, 6.07) is -0.304. The highest BCUT2D eigenvalue weighted by molar-refractivity contribution is 5.87. The number of carbonyl (C=O) groups excluding carboxylic acids is 2. The summed E-state index contributed by atoms with van der Waals surface area (Å²) >= 11 is 0. The van der Waals surface area contributed by atoms with Gasteiger partial charge < -0.3 is 10.2 Å². The molecule has 0 aromatic rings. The van der Waals surface area contributed by atoms with Gasteiger partial charge in [0.15, 0.2) is 0 Å². The van der Waals surface area contributed by atoms with Crippen LogP contribution in [-0.4, -0.2) is 35.8 Å². The lowest BCUT2D eigenvalue weighted by Gasteiger charge is -2.31. The van der Waals surface area contributed by atoms with Crippen LogP contribution < -0.4 is 5.32 Å². The maximum Gasteiger partial charge on any atom is 0.242 e. The van der Waals surface area contributed by atoms with Crippen molar-refractivity contribution in [2.75, 3.05) is 13.1 Å². The quantitative estimate of drug-likeness (QED) is 0.507. The van der Waals surface area contributed by atoms with Crippen molar-refractivity contribution in [3.05, 3.63) is 0 Å². The van der Waals surface area contributed by atoms with Crippen LogP contribution in [0.2, 0.25) is 0 Å². The second kappa shape index (κ2) is 2.90. The van der Waals surface area contributed by atoms with Crippen molar-refractivity contribution in [1.29, 1.82) is 0 Å². The van der Waals surface area contributed by atoms with Gasteiger partial charge in [-0.1, -0.05) is 0 Å². The Bertz CT molecular complexity index is 191. The molecule has 0 aromatic heterocycles. The van der Waals surface area contributed by atoms with Crippen LogP contribution in [0.25, 0.3) is 0 Å². The fourth-order valence-corrected chi connectivity index (χ4v) is 1.21. The van der Waals surface area contributed by atoms with Gasteiger partial charge in [-0.05, 0) is 6.92 Å². The zero-order valence-corrected chi connectivity index (χ0v) is 6.76. The van der Waals surface area contributed by atoms with E-state index in [0.717, 1.165) is 0 Å². The third kappa shape index (κ3) is 1.50. The zero-order chi connectivity index (χ0) is 8.43. The average molecular weight is 156 g/mol. The number of amides is 2. The molecule has 62 valence electrons. The van der Waals surface area contributed by atoms with Crippen molar-refractivity contribution >= 4 is 11.8 Å². The second-order valence-corrected chi connectivity index (χ2v) is 2.68. The fraction of sp³-hybridized carbons (Fsp3) is 0.714. The summed E-state index contributed by atoms with van der Waals surface area (Å²) in [7, 11) is 0. The predicted octanol–water partition coefficient (Wildman–Crippen LogP) is -0.647. The van der Waals surface area contributed by atoms with E-state index in [-0.39, 0.29) is 17.9 Å². The van der Waals surface area contributed by atoms with E-state index in [0.29, 0.717) is 13.1 Å². The molecule has 1 aliphatic heterocycles. The van der Waals surface area contributed by atoms with Crippen LogP contribution in [-0.2, 0) is 9.59 Å². The lowest BCUT2D eigenvalue weighted by molar-refractivity contribution is -0.140. The Morgan fingerprint density at radius 1 is 1.73 bits per heavy atom. The third-order valence-corrected chi connectivity index (χ3v) is 1.90. The van der Waals surface area contributed by atoms with Gasteiger partial charge in [0, 0.05) is 20.0 Å². The molecule has 2 amide bonds. The van der Waals surface area contributed by atoms with Crippen LogP contribution in [0.5, 0.6) is 0 Å². The lowest BCUT2D eigenvalue weighted by atomic mass is 10.2. The highest BCUT2D eigenvalue weighted by Crippen LogP contribution is 2.02. The Morgan fingerprint density at radius 2 is 2.36 bits per heavy atom. The molecule has 1 aliphatic rings. The maximum absolute atomic E-state index is 11.0. The molecule has 0 aliphatic carbocycles. The minimum Gasteiger partial charge on any atom is -0.353 e. The summed E-state index contributed by atoms with van der Waals surface area (Å²) < 4.78 is 0. The van der Waals surface area contributed by atoms with Crippen LogP contribution in [0.4, 0.5) is 0 Å². The molecule has 0 saturated carbocycles. The number of nitrogens with zero attached hydrogens (tertiary/aromatic N) is 1. The van der Waals surface area contributed by atoms with Crippen LogP contribution in [0.15, 0.2) is 0 Å². The molecule has 0 radical (unpaired) electrons. The fourth-order valence-electron chi connectivity index (χ4n) is 1.21. The van der Waals surface area contributed by atoms with Crippen LogP contribution in [0.3, 0.4) is 0 Å². The normalized spacial score (nSPS) is 24.7. The Morgan fingerprint density at radius 3 is 2.82 bits per heavy atom. The van der Waals surface area contributed by atoms with Gasteiger partial charge in [-0.15, -0.1) is 0 Å². The minimum atomic E-state index is -0.304. The van der Waals surface area contributed by atoms with E-state index >= 15 is 0 Å². The van der Waals surface area contributed by atoms with Gasteiger partial charge in [0.1, 0.15) is 6.04 Å². The van der Waals surface area contributed by atoms with Gasteiger partial charge in [-0.25, -0.2) is 0 Å². The van der Waals surface area contributed by atoms with Crippen molar-refractivity contribution in [1.82, 2.24) is 10.2 Å². The van der Waals surface area contributed by atoms with E-state index in [2.05, 4.69) is 5.32 Å². The summed E-state index contributed by atoms with van der Waals surface area (Å²) in [5.41, 5.74) is 0. The van der Waals surface area contributed by atoms with Crippen LogP contribution in [0.1, 0.15) is 13.8 Å². The van der Waals surface area contributed by atoms with Crippen molar-refractivity contribution in [2.45, 2.75) is 19.9 Å². The molecular formula is C7H12N2O2. The molecule has 0 unspecified atom stereocenters. The maximum atomic E-state index is 11.0. The first kappa shape index (κ1) is 8.04. The number of hydrogen-bond donors (Lipinski definition) is 1. The monoisotopic (exact) mass is 156 g/mol. The zero-order valence-electron chi connectivity index (χ0n) is 6.76. The summed E-state index contributed by atoms with van der Waals surface area (Å²) in [6.45, 7) is 4.41. The van der Waals surface area contributed by atoms with Gasteiger partial charge in [0.05, 0.1) is 0 Å². The predicted molar refractivity (Wildman–Crippen MR) is 39.9 cm³/mol. The van der Waals surface area contributed by atoms with Crippen LogP contribution in [0, 0.1) is 0 Å². The SMILES string of the molecule is CC(=O)N1CCNC(=O)[C@@H]1C. The van der Waals surface area contributed by atoms with Crippen LogP contribution >= 0.6 is 0 Å². The molecule has 1 atom stereocenters. The van der Waals surface area contributed by atoms with E-state index in [1.807, 2.05) is 0 Å². The molecule has 1 heterocycles. The molecule has 4 heteroatoms. The van der Waals surface area contributed by atoms with Gasteiger partial charge in [-0.3, -0.25) is 9.59 Å². The summed E-state index contributed by atoms with van der Waals surface area (Å²) in [4.78, 5) is 23.5. The van der Waals surface area contributed by atoms with Crippen molar-refractivity contribution < 1.29 is 9.59 Å². The third-order valence-electron chi connectivity index (χ3n) is 1.90. The molecule has 1 saturated heterocycles. The first-order valence-electron chi connectivity index (χ1n) is 3.68. The van der Waals surface area contributed by atoms with E-state index in [1.165, 1.54) is 6.92 Å². The molecule has 0 bridgehead atoms. The molecule has 1 N–H and O–H groups in total. The first-order valence-corrected chi connectivity index (χ1v) is 3.68. The highest BCUT2D eigenvalue weighted by Gasteiger charge is 2.26. The minimum absolute atomic E-state index is 0.0349. The largest absolute Gasteiger partial charge is 0.353 e. The molecule has 11 heavy (non-hydrogen) atoms. The van der Waals surface area contributed by atoms with E-state index in [9.17, 15) is 9.59 Å². The van der Waals surface area contributed by atoms with Crippen molar-refractivity contribution in [3.63, 3.8) is 0 Å². The Hall–Kier alpha value is -1.06. The Balaban J connectivity index is 2.65. The average Bonchev–Trinajstić information content (AvgIpc) is 1.94. The molecule has 1 fully saturated rings. The topological polar surface area (TPSA) is 49.4 Å². The number of rotatable bonds is 0. The first-order chi connectivity index (χ1) is 5.13. The summed E-state index contributed by atoms with van der Waals surface area (Å²) in [6.07, 6.45) is 0. The number of nitrogens with one attached hydrogen (secondary N) is 1. The van der Waals surface area contributed by atoms with Gasteiger partial charge in [0.25, 0.3) is 0 Å². The highest BCUT2D eigenvalue weighted by atomic mass is 16.2. The standard InChI is InChI=1S/C7H12N2O2/c1-5-7(11)8-3-4-9(5)6(2)10/h5H,3-4H2,1-2H3,(H,8,11)/t5-/m0/s1. The van der Waals surface area contributed by atoms with E-state index < -0.39 is 0 Å². The molecular weight excluding hydrogens is 144 g/mol. The number of piperazine rings is 1. The Labute approximate surface area is 65.6 Å². The Kier molecular flexibility index (Phi) is 2.12. The molecule has 0 spiro atoms. The molecule has 4 nitrogen and oxygen atoms in total. The molecule has 0 aromatic carbocycles. The van der Waals surface area contributed by atoms with Gasteiger partial charge >= 0.3 is 0 Å². The smallest absolute Gasteiger partial charge is 0.242 e. The van der Waals surface area contributed by atoms with Crippen molar-refractivity contribution in [2.24, 2.45) is 0 Å². The second-order valence-electron chi connectivity index (χ2n) is 2.68. The number of carbonyl (C=O) groups is 2. The van der Waals surface area contributed by atoms with E-state index in [4.69, 9.17) is 0 Å².